The highest BCUT2D eigenvalue weighted by atomic mass is 19.4. The van der Waals surface area contributed by atoms with Crippen LogP contribution in [0.25, 0.3) is 0 Å². The van der Waals surface area contributed by atoms with E-state index in [0.29, 0.717) is 0 Å². The molecule has 19 heavy (non-hydrogen) atoms. The first-order valence-electron chi connectivity index (χ1n) is 5.87. The van der Waals surface area contributed by atoms with Crippen molar-refractivity contribution in [3.05, 3.63) is 35.4 Å². The molecule has 2 N–H and O–H groups in total. The minimum absolute atomic E-state index is 0.0416. The Labute approximate surface area is 108 Å². The highest BCUT2D eigenvalue weighted by Gasteiger charge is 2.48. The summed E-state index contributed by atoms with van der Waals surface area (Å²) in [5, 5.41) is 12.1. The van der Waals surface area contributed by atoms with Gasteiger partial charge in [0.25, 0.3) is 0 Å². The average molecular weight is 273 g/mol. The first-order valence-corrected chi connectivity index (χ1v) is 5.87. The van der Waals surface area contributed by atoms with E-state index < -0.39 is 29.0 Å². The van der Waals surface area contributed by atoms with Gasteiger partial charge in [-0.15, -0.1) is 0 Å². The Kier molecular flexibility index (Phi) is 3.30. The van der Waals surface area contributed by atoms with Crippen molar-refractivity contribution in [1.29, 1.82) is 0 Å². The maximum Gasteiger partial charge on any atom is 0.416 e. The molecule has 1 aromatic carbocycles. The Morgan fingerprint density at radius 2 is 2.05 bits per heavy atom. The van der Waals surface area contributed by atoms with Gasteiger partial charge in [0.15, 0.2) is 0 Å². The lowest BCUT2D eigenvalue weighted by atomic mass is 9.72. The number of benzene rings is 1. The third kappa shape index (κ3) is 2.32. The molecule has 104 valence electrons. The zero-order chi connectivity index (χ0) is 14.3. The summed E-state index contributed by atoms with van der Waals surface area (Å²) in [5.74, 6) is -1.94. The summed E-state index contributed by atoms with van der Waals surface area (Å²) in [6.45, 7) is 1.96. The van der Waals surface area contributed by atoms with Crippen LogP contribution in [0.15, 0.2) is 24.3 Å². The maximum atomic E-state index is 13.0. The second-order valence-corrected chi connectivity index (χ2v) is 4.98. The molecular weight excluding hydrogens is 259 g/mol. The van der Waals surface area contributed by atoms with Crippen LogP contribution >= 0.6 is 0 Å². The normalized spacial score (nSPS) is 27.5. The van der Waals surface area contributed by atoms with Crippen LogP contribution in [0.5, 0.6) is 0 Å². The highest BCUT2D eigenvalue weighted by molar-refractivity contribution is 5.73. The molecule has 1 saturated heterocycles. The molecule has 0 aromatic heterocycles. The minimum atomic E-state index is -4.48. The standard InChI is InChI=1S/C13H14F3NO2/c1-12(7-17-6-10(12)11(18)19)8-4-2-3-5-9(8)13(14,15)16/h2-5,10,17H,6-7H2,1H3,(H,18,19). The minimum Gasteiger partial charge on any atom is -0.481 e. The summed E-state index contributed by atoms with van der Waals surface area (Å²) in [6.07, 6.45) is -4.48. The molecule has 3 nitrogen and oxygen atoms in total. The molecule has 0 spiro atoms. The van der Waals surface area contributed by atoms with Gasteiger partial charge >= 0.3 is 12.1 Å². The lowest BCUT2D eigenvalue weighted by Crippen LogP contribution is -2.38. The summed E-state index contributed by atoms with van der Waals surface area (Å²) in [5.41, 5.74) is -1.77. The zero-order valence-corrected chi connectivity index (χ0v) is 10.3. The number of rotatable bonds is 2. The molecule has 1 aromatic rings. The number of carbonyl (C=O) groups is 1. The van der Waals surface area contributed by atoms with E-state index in [0.717, 1.165) is 6.07 Å². The first kappa shape index (κ1) is 13.9. The Morgan fingerprint density at radius 3 is 2.63 bits per heavy atom. The molecule has 1 heterocycles. The molecule has 0 aliphatic carbocycles. The van der Waals surface area contributed by atoms with E-state index in [2.05, 4.69) is 5.32 Å². The van der Waals surface area contributed by atoms with Crippen LogP contribution in [-0.2, 0) is 16.4 Å². The smallest absolute Gasteiger partial charge is 0.416 e. The topological polar surface area (TPSA) is 49.3 Å². The summed E-state index contributed by atoms with van der Waals surface area (Å²) in [4.78, 5) is 11.2. The van der Waals surface area contributed by atoms with Crippen molar-refractivity contribution < 1.29 is 23.1 Å². The number of aliphatic carboxylic acids is 1. The van der Waals surface area contributed by atoms with Gasteiger partial charge in [0.1, 0.15) is 0 Å². The monoisotopic (exact) mass is 273 g/mol. The van der Waals surface area contributed by atoms with E-state index in [-0.39, 0.29) is 18.7 Å². The van der Waals surface area contributed by atoms with Crippen molar-refractivity contribution in [2.45, 2.75) is 18.5 Å². The maximum absolute atomic E-state index is 13.0. The van der Waals surface area contributed by atoms with Crippen molar-refractivity contribution >= 4 is 5.97 Å². The molecule has 0 saturated carbocycles. The Balaban J connectivity index is 2.55. The van der Waals surface area contributed by atoms with Gasteiger partial charge < -0.3 is 10.4 Å². The Hall–Kier alpha value is -1.56. The molecule has 6 heteroatoms. The predicted octanol–water partition coefficient (Wildman–Crippen LogP) is 2.27. The number of alkyl halides is 3. The number of carboxylic acid groups (broad SMARTS) is 1. The number of nitrogens with one attached hydrogen (secondary N) is 1. The van der Waals surface area contributed by atoms with Gasteiger partial charge in [-0.25, -0.2) is 0 Å². The second-order valence-electron chi connectivity index (χ2n) is 4.98. The van der Waals surface area contributed by atoms with E-state index in [9.17, 15) is 23.1 Å². The van der Waals surface area contributed by atoms with Crippen molar-refractivity contribution in [2.75, 3.05) is 13.1 Å². The third-order valence-corrected chi connectivity index (χ3v) is 3.76. The number of hydrogen-bond donors (Lipinski definition) is 2. The first-order chi connectivity index (χ1) is 8.77. The quantitative estimate of drug-likeness (QED) is 0.869. The summed E-state index contributed by atoms with van der Waals surface area (Å²) >= 11 is 0. The van der Waals surface area contributed by atoms with Crippen molar-refractivity contribution in [2.24, 2.45) is 5.92 Å². The fourth-order valence-corrected chi connectivity index (χ4v) is 2.70. The molecule has 2 unspecified atom stereocenters. The number of carboxylic acids is 1. The fraction of sp³-hybridized carbons (Fsp3) is 0.462. The molecule has 1 aliphatic rings. The van der Waals surface area contributed by atoms with Crippen LogP contribution in [0, 0.1) is 5.92 Å². The molecule has 1 aliphatic heterocycles. The van der Waals surface area contributed by atoms with E-state index in [4.69, 9.17) is 0 Å². The second kappa shape index (κ2) is 4.52. The lowest BCUT2D eigenvalue weighted by Gasteiger charge is -2.31. The van der Waals surface area contributed by atoms with Crippen LogP contribution in [0.4, 0.5) is 13.2 Å². The molecule has 0 bridgehead atoms. The van der Waals surface area contributed by atoms with Gasteiger partial charge in [0.2, 0.25) is 0 Å². The molecule has 0 amide bonds. The van der Waals surface area contributed by atoms with Gasteiger partial charge in [-0.2, -0.15) is 13.2 Å². The fourth-order valence-electron chi connectivity index (χ4n) is 2.70. The van der Waals surface area contributed by atoms with E-state index in [1.165, 1.54) is 18.2 Å². The summed E-state index contributed by atoms with van der Waals surface area (Å²) in [6, 6.07) is 5.18. The summed E-state index contributed by atoms with van der Waals surface area (Å²) < 4.78 is 39.1. The van der Waals surface area contributed by atoms with Gasteiger partial charge in [-0.05, 0) is 11.6 Å². The van der Waals surface area contributed by atoms with Crippen LogP contribution in [-0.4, -0.2) is 24.2 Å². The van der Waals surface area contributed by atoms with Crippen LogP contribution in [0.2, 0.25) is 0 Å². The lowest BCUT2D eigenvalue weighted by molar-refractivity contribution is -0.145. The zero-order valence-electron chi connectivity index (χ0n) is 10.3. The molecular formula is C13H14F3NO2. The molecule has 2 atom stereocenters. The number of hydrogen-bond acceptors (Lipinski definition) is 2. The molecule has 1 fully saturated rings. The van der Waals surface area contributed by atoms with Crippen LogP contribution in [0.1, 0.15) is 18.1 Å². The third-order valence-electron chi connectivity index (χ3n) is 3.76. The Bertz CT molecular complexity index is 501. The largest absolute Gasteiger partial charge is 0.481 e. The van der Waals surface area contributed by atoms with Gasteiger partial charge in [0.05, 0.1) is 11.5 Å². The SMILES string of the molecule is CC1(c2ccccc2C(F)(F)F)CNCC1C(=O)O. The number of halogens is 3. The van der Waals surface area contributed by atoms with Gasteiger partial charge in [0, 0.05) is 18.5 Å². The van der Waals surface area contributed by atoms with E-state index >= 15 is 0 Å². The van der Waals surface area contributed by atoms with Crippen molar-refractivity contribution in [3.8, 4) is 0 Å². The van der Waals surface area contributed by atoms with Crippen LogP contribution in [0.3, 0.4) is 0 Å². The van der Waals surface area contributed by atoms with Crippen LogP contribution < -0.4 is 5.32 Å². The highest BCUT2D eigenvalue weighted by Crippen LogP contribution is 2.42. The summed E-state index contributed by atoms with van der Waals surface area (Å²) in [7, 11) is 0. The molecule has 2 rings (SSSR count). The van der Waals surface area contributed by atoms with Gasteiger partial charge in [-0.3, -0.25) is 4.79 Å². The van der Waals surface area contributed by atoms with Gasteiger partial charge in [-0.1, -0.05) is 25.1 Å². The predicted molar refractivity (Wildman–Crippen MR) is 62.8 cm³/mol. The van der Waals surface area contributed by atoms with Crippen molar-refractivity contribution in [3.63, 3.8) is 0 Å². The molecule has 0 radical (unpaired) electrons. The van der Waals surface area contributed by atoms with E-state index in [1.807, 2.05) is 0 Å². The van der Waals surface area contributed by atoms with E-state index in [1.54, 1.807) is 6.92 Å². The average Bonchev–Trinajstić information content (AvgIpc) is 2.72. The van der Waals surface area contributed by atoms with Crippen molar-refractivity contribution in [1.82, 2.24) is 5.32 Å². The Morgan fingerprint density at radius 1 is 1.42 bits per heavy atom.